The van der Waals surface area contributed by atoms with Gasteiger partial charge in [-0.15, -0.1) is 0 Å². The Balaban J connectivity index is 1.87. The topological polar surface area (TPSA) is 113 Å². The lowest BCUT2D eigenvalue weighted by Gasteiger charge is -2.17. The maximum atomic E-state index is 13.4. The summed E-state index contributed by atoms with van der Waals surface area (Å²) >= 11 is 0. The number of aryl methyl sites for hydroxylation is 3. The number of carbonyl (C=O) groups excluding carboxylic acids is 1. The smallest absolute Gasteiger partial charge is 0.260 e. The van der Waals surface area contributed by atoms with Gasteiger partial charge in [0.15, 0.2) is 5.65 Å². The van der Waals surface area contributed by atoms with Crippen LogP contribution in [-0.2, 0) is 7.05 Å². The third-order valence-corrected chi connectivity index (χ3v) is 5.79. The first-order valence-electron chi connectivity index (χ1n) is 10.1. The molecule has 0 saturated heterocycles. The highest BCUT2D eigenvalue weighted by Gasteiger charge is 2.30. The predicted octanol–water partition coefficient (Wildman–Crippen LogP) is 2.91. The summed E-state index contributed by atoms with van der Waals surface area (Å²) < 4.78 is 9.04. The van der Waals surface area contributed by atoms with Gasteiger partial charge in [0, 0.05) is 24.4 Å². The number of rotatable bonds is 3. The number of benzene rings is 1. The molecule has 0 radical (unpaired) electrons. The van der Waals surface area contributed by atoms with Crippen molar-refractivity contribution < 1.29 is 9.53 Å². The zero-order valence-corrected chi connectivity index (χ0v) is 18.5. The Morgan fingerprint density at radius 3 is 2.62 bits per heavy atom. The summed E-state index contributed by atoms with van der Waals surface area (Å²) in [5.74, 6) is 1.30. The van der Waals surface area contributed by atoms with Crippen molar-refractivity contribution in [2.75, 3.05) is 12.8 Å². The van der Waals surface area contributed by atoms with Gasteiger partial charge in [-0.05, 0) is 38.5 Å². The lowest BCUT2D eigenvalue weighted by atomic mass is 10.1. The molecule has 1 amide bonds. The summed E-state index contributed by atoms with van der Waals surface area (Å²) in [5.41, 5.74) is 12.3. The van der Waals surface area contributed by atoms with E-state index in [1.807, 2.05) is 56.8 Å². The number of ether oxygens (including phenoxy) is 1. The van der Waals surface area contributed by atoms with Crippen LogP contribution >= 0.6 is 0 Å². The Bertz CT molecular complexity index is 1460. The van der Waals surface area contributed by atoms with Gasteiger partial charge in [-0.2, -0.15) is 5.10 Å². The second-order valence-corrected chi connectivity index (χ2v) is 7.92. The van der Waals surface area contributed by atoms with Crippen LogP contribution < -0.4 is 15.8 Å². The zero-order valence-electron chi connectivity index (χ0n) is 18.5. The van der Waals surface area contributed by atoms with Crippen LogP contribution in [0, 0.1) is 20.8 Å². The molecule has 1 aromatic carbocycles. The standard InChI is InChI=1S/C23H23N7O2/c1-11-6-7-17(32-5)12(2)20(11)30-21(24)19-18-16(26-13(3)27-22(18)30)8-15(28-23(19)31)14-9-25-29(4)10-14/h6-10H,24H2,1-5H3,(H,28,31). The summed E-state index contributed by atoms with van der Waals surface area (Å²) in [6.45, 7) is 5.79. The Morgan fingerprint density at radius 1 is 1.16 bits per heavy atom. The highest BCUT2D eigenvalue weighted by Crippen LogP contribution is 2.38. The largest absolute Gasteiger partial charge is 0.496 e. The second kappa shape index (κ2) is 6.94. The van der Waals surface area contributed by atoms with Crippen molar-refractivity contribution in [2.24, 2.45) is 7.05 Å². The fourth-order valence-electron chi connectivity index (χ4n) is 4.35. The lowest BCUT2D eigenvalue weighted by Crippen LogP contribution is -2.22. The van der Waals surface area contributed by atoms with E-state index in [1.54, 1.807) is 18.0 Å². The summed E-state index contributed by atoms with van der Waals surface area (Å²) in [4.78, 5) is 22.7. The molecule has 3 aromatic heterocycles. The molecule has 0 unspecified atom stereocenters. The van der Waals surface area contributed by atoms with E-state index in [2.05, 4.69) is 15.4 Å². The molecule has 0 spiro atoms. The van der Waals surface area contributed by atoms with Crippen LogP contribution in [0.3, 0.4) is 0 Å². The van der Waals surface area contributed by atoms with E-state index in [-0.39, 0.29) is 5.91 Å². The first-order valence-corrected chi connectivity index (χ1v) is 10.1. The molecule has 162 valence electrons. The molecule has 1 aliphatic rings. The van der Waals surface area contributed by atoms with Crippen molar-refractivity contribution in [3.05, 3.63) is 58.3 Å². The summed E-state index contributed by atoms with van der Waals surface area (Å²) in [7, 11) is 3.45. The molecule has 1 aliphatic heterocycles. The molecular weight excluding hydrogens is 406 g/mol. The Morgan fingerprint density at radius 2 is 1.94 bits per heavy atom. The van der Waals surface area contributed by atoms with E-state index < -0.39 is 0 Å². The molecular formula is C23H23N7O2. The van der Waals surface area contributed by atoms with Crippen molar-refractivity contribution in [2.45, 2.75) is 20.8 Å². The highest BCUT2D eigenvalue weighted by molar-refractivity contribution is 6.18. The fourth-order valence-corrected chi connectivity index (χ4v) is 4.35. The minimum absolute atomic E-state index is 0.305. The number of nitrogens with one attached hydrogen (secondary N) is 1. The normalized spacial score (nSPS) is 13.2. The Labute approximate surface area is 184 Å². The van der Waals surface area contributed by atoms with Crippen LogP contribution in [0.5, 0.6) is 5.75 Å². The van der Waals surface area contributed by atoms with E-state index in [4.69, 9.17) is 15.5 Å². The number of carbonyl (C=O) groups is 1. The Kier molecular flexibility index (Phi) is 4.30. The number of anilines is 1. The first-order chi connectivity index (χ1) is 15.3. The van der Waals surface area contributed by atoms with Gasteiger partial charge in [0.25, 0.3) is 5.91 Å². The maximum Gasteiger partial charge on any atom is 0.260 e. The summed E-state index contributed by atoms with van der Waals surface area (Å²) in [6.07, 6.45) is 5.37. The molecule has 9 heteroatoms. The molecule has 9 nitrogen and oxygen atoms in total. The van der Waals surface area contributed by atoms with Crippen LogP contribution in [0.4, 0.5) is 5.82 Å². The van der Waals surface area contributed by atoms with Crippen LogP contribution in [0.2, 0.25) is 0 Å². The molecule has 4 aromatic rings. The minimum atomic E-state index is -0.314. The number of hydrogen-bond acceptors (Lipinski definition) is 6. The van der Waals surface area contributed by atoms with Crippen molar-refractivity contribution >= 4 is 34.5 Å². The van der Waals surface area contributed by atoms with Crippen LogP contribution in [0.15, 0.2) is 24.5 Å². The molecule has 5 rings (SSSR count). The van der Waals surface area contributed by atoms with E-state index in [9.17, 15) is 4.79 Å². The van der Waals surface area contributed by atoms with Gasteiger partial charge in [-0.1, -0.05) is 6.07 Å². The van der Waals surface area contributed by atoms with Crippen molar-refractivity contribution in [1.82, 2.24) is 29.6 Å². The quantitative estimate of drug-likeness (QED) is 0.518. The van der Waals surface area contributed by atoms with E-state index in [0.717, 1.165) is 28.1 Å². The highest BCUT2D eigenvalue weighted by atomic mass is 16.5. The molecule has 0 atom stereocenters. The van der Waals surface area contributed by atoms with Crippen LogP contribution in [0.1, 0.15) is 38.6 Å². The molecule has 0 fully saturated rings. The summed E-state index contributed by atoms with van der Waals surface area (Å²) in [5, 5.41) is 7.80. The van der Waals surface area contributed by atoms with Crippen molar-refractivity contribution in [1.29, 1.82) is 0 Å². The average Bonchev–Trinajstić information content (AvgIpc) is 3.24. The molecule has 0 aliphatic carbocycles. The molecule has 0 bridgehead atoms. The second-order valence-electron chi connectivity index (χ2n) is 7.92. The average molecular weight is 429 g/mol. The fraction of sp³-hybridized carbons (Fsp3) is 0.217. The van der Waals surface area contributed by atoms with Crippen molar-refractivity contribution in [3.63, 3.8) is 0 Å². The molecule has 4 heterocycles. The third-order valence-electron chi connectivity index (χ3n) is 5.79. The first kappa shape index (κ1) is 19.8. The van der Waals surface area contributed by atoms with Gasteiger partial charge in [-0.3, -0.25) is 14.0 Å². The van der Waals surface area contributed by atoms with Gasteiger partial charge in [0.1, 0.15) is 17.4 Å². The van der Waals surface area contributed by atoms with Crippen molar-refractivity contribution in [3.8, 4) is 11.4 Å². The molecule has 3 N–H and O–H groups in total. The van der Waals surface area contributed by atoms with E-state index >= 15 is 0 Å². The number of nitrogens with two attached hydrogens (primary N) is 1. The summed E-state index contributed by atoms with van der Waals surface area (Å²) in [6, 6.07) is 3.88. The number of hydrogen-bond donors (Lipinski definition) is 2. The van der Waals surface area contributed by atoms with Gasteiger partial charge in [0.05, 0.1) is 41.3 Å². The van der Waals surface area contributed by atoms with Gasteiger partial charge in [0.2, 0.25) is 0 Å². The van der Waals surface area contributed by atoms with Gasteiger partial charge >= 0.3 is 0 Å². The van der Waals surface area contributed by atoms with Crippen LogP contribution in [-0.4, -0.2) is 37.3 Å². The number of aromatic nitrogens is 5. The predicted molar refractivity (Wildman–Crippen MR) is 123 cm³/mol. The van der Waals surface area contributed by atoms with E-state index in [0.29, 0.717) is 39.6 Å². The third kappa shape index (κ3) is 2.78. The number of nitrogen functional groups attached to an aromatic ring is 1. The van der Waals surface area contributed by atoms with Gasteiger partial charge < -0.3 is 15.8 Å². The number of methoxy groups -OCH3 is 1. The zero-order chi connectivity index (χ0) is 22.7. The minimum Gasteiger partial charge on any atom is -0.496 e. The maximum absolute atomic E-state index is 13.4. The van der Waals surface area contributed by atoms with E-state index in [1.165, 1.54) is 0 Å². The number of nitrogens with zero attached hydrogens (tertiary/aromatic N) is 5. The molecule has 0 saturated carbocycles. The number of amides is 1. The molecule has 32 heavy (non-hydrogen) atoms. The SMILES string of the molecule is COc1ccc(C)c(-n2c(N)c3c4c(nc(C)nc42)C=C(c2cnn(C)c2)NC3=O)c1C. The monoisotopic (exact) mass is 429 g/mol. The van der Waals surface area contributed by atoms with Gasteiger partial charge in [-0.25, -0.2) is 9.97 Å². The van der Waals surface area contributed by atoms with Crippen LogP contribution in [0.25, 0.3) is 28.5 Å². The Hall–Kier alpha value is -4.14. The lowest BCUT2D eigenvalue weighted by molar-refractivity contribution is 0.0976.